The predicted octanol–water partition coefficient (Wildman–Crippen LogP) is 2.44. The first-order valence-corrected chi connectivity index (χ1v) is 4.99. The summed E-state index contributed by atoms with van der Waals surface area (Å²) in [4.78, 5) is 22.6. The fourth-order valence-corrected chi connectivity index (χ4v) is 1.15. The normalized spacial score (nSPS) is 10.0. The van der Waals surface area contributed by atoms with Gasteiger partial charge in [0.05, 0.1) is 6.61 Å². The molecular weight excluding hydrogens is 196 g/mol. The van der Waals surface area contributed by atoms with E-state index in [0.717, 1.165) is 6.42 Å². The first-order valence-electron chi connectivity index (χ1n) is 4.99. The Labute approximate surface area is 88.2 Å². The third kappa shape index (κ3) is 2.94. The number of hydrogen-bond acceptors (Lipinski definition) is 4. The first kappa shape index (κ1) is 11.5. The van der Waals surface area contributed by atoms with Gasteiger partial charge in [-0.05, 0) is 25.5 Å². The monoisotopic (exact) mass is 210 g/mol. The van der Waals surface area contributed by atoms with E-state index in [-0.39, 0.29) is 23.9 Å². The maximum atomic E-state index is 11.4. The van der Waals surface area contributed by atoms with Crippen LogP contribution < -0.4 is 0 Å². The smallest absolute Gasteiger partial charge is 0.374 e. The molecule has 1 heterocycles. The molecule has 0 unspecified atom stereocenters. The van der Waals surface area contributed by atoms with E-state index in [2.05, 4.69) is 0 Å². The van der Waals surface area contributed by atoms with E-state index in [1.165, 1.54) is 12.1 Å². The molecule has 0 saturated carbocycles. The van der Waals surface area contributed by atoms with Crippen molar-refractivity contribution >= 4 is 11.8 Å². The van der Waals surface area contributed by atoms with Crippen LogP contribution in [0, 0.1) is 0 Å². The summed E-state index contributed by atoms with van der Waals surface area (Å²) in [5, 5.41) is 0. The van der Waals surface area contributed by atoms with Gasteiger partial charge in [0.25, 0.3) is 0 Å². The Morgan fingerprint density at radius 3 is 2.53 bits per heavy atom. The molecule has 1 aromatic heterocycles. The minimum absolute atomic E-state index is 0.0799. The van der Waals surface area contributed by atoms with E-state index in [0.29, 0.717) is 6.42 Å². The van der Waals surface area contributed by atoms with Crippen molar-refractivity contribution in [3.05, 3.63) is 23.7 Å². The van der Waals surface area contributed by atoms with Crippen LogP contribution in [0.15, 0.2) is 16.5 Å². The molecule has 0 aliphatic heterocycles. The Balaban J connectivity index is 2.71. The number of carbonyl (C=O) groups excluding carboxylic acids is 2. The first-order chi connectivity index (χ1) is 7.19. The highest BCUT2D eigenvalue weighted by Gasteiger charge is 2.15. The van der Waals surface area contributed by atoms with E-state index >= 15 is 0 Å². The van der Waals surface area contributed by atoms with Crippen LogP contribution in [0.25, 0.3) is 0 Å². The van der Waals surface area contributed by atoms with Crippen molar-refractivity contribution in [1.82, 2.24) is 0 Å². The van der Waals surface area contributed by atoms with E-state index in [1.54, 1.807) is 6.92 Å². The van der Waals surface area contributed by atoms with Crippen LogP contribution in [0.4, 0.5) is 0 Å². The molecule has 15 heavy (non-hydrogen) atoms. The quantitative estimate of drug-likeness (QED) is 0.553. The minimum atomic E-state index is -0.534. The lowest BCUT2D eigenvalue weighted by molar-refractivity contribution is 0.0488. The molecule has 4 heteroatoms. The van der Waals surface area contributed by atoms with Crippen molar-refractivity contribution in [3.63, 3.8) is 0 Å². The molecule has 0 aliphatic rings. The predicted molar refractivity (Wildman–Crippen MR) is 53.9 cm³/mol. The maximum absolute atomic E-state index is 11.4. The maximum Gasteiger partial charge on any atom is 0.374 e. The van der Waals surface area contributed by atoms with Crippen LogP contribution in [-0.4, -0.2) is 18.4 Å². The zero-order valence-corrected chi connectivity index (χ0v) is 8.91. The summed E-state index contributed by atoms with van der Waals surface area (Å²) < 4.78 is 9.83. The summed E-state index contributed by atoms with van der Waals surface area (Å²) in [5.74, 6) is -0.322. The number of ether oxygens (including phenoxy) is 1. The van der Waals surface area contributed by atoms with Gasteiger partial charge in [0, 0.05) is 6.42 Å². The number of esters is 1. The molecule has 1 rings (SSSR count). The zero-order chi connectivity index (χ0) is 11.3. The molecule has 1 aromatic rings. The van der Waals surface area contributed by atoms with E-state index in [4.69, 9.17) is 9.15 Å². The third-order valence-electron chi connectivity index (χ3n) is 1.83. The average molecular weight is 210 g/mol. The van der Waals surface area contributed by atoms with Gasteiger partial charge in [-0.25, -0.2) is 4.79 Å². The van der Waals surface area contributed by atoms with Gasteiger partial charge in [-0.15, -0.1) is 0 Å². The van der Waals surface area contributed by atoms with Crippen molar-refractivity contribution in [1.29, 1.82) is 0 Å². The molecule has 82 valence electrons. The van der Waals surface area contributed by atoms with Crippen LogP contribution in [0.2, 0.25) is 0 Å². The van der Waals surface area contributed by atoms with Crippen molar-refractivity contribution < 1.29 is 18.7 Å². The fraction of sp³-hybridized carbons (Fsp3) is 0.455. The summed E-state index contributed by atoms with van der Waals surface area (Å²) in [6, 6.07) is 2.96. The largest absolute Gasteiger partial charge is 0.460 e. The molecular formula is C11H14O4. The summed E-state index contributed by atoms with van der Waals surface area (Å²) in [5.41, 5.74) is 0. The number of Topliss-reactive ketones (excluding diaryl/α,β-unsaturated/α-hetero) is 1. The topological polar surface area (TPSA) is 56.5 Å². The Kier molecular flexibility index (Phi) is 4.09. The van der Waals surface area contributed by atoms with Crippen molar-refractivity contribution in [2.24, 2.45) is 0 Å². The van der Waals surface area contributed by atoms with Crippen LogP contribution in [0.1, 0.15) is 47.8 Å². The van der Waals surface area contributed by atoms with Crippen LogP contribution >= 0.6 is 0 Å². The lowest BCUT2D eigenvalue weighted by Gasteiger charge is -1.97. The Morgan fingerprint density at radius 1 is 1.27 bits per heavy atom. The number of furan rings is 1. The summed E-state index contributed by atoms with van der Waals surface area (Å²) in [7, 11) is 0. The third-order valence-corrected chi connectivity index (χ3v) is 1.83. The average Bonchev–Trinajstić information content (AvgIpc) is 2.67. The Morgan fingerprint density at radius 2 is 1.93 bits per heavy atom. The molecule has 0 radical (unpaired) electrons. The summed E-state index contributed by atoms with van der Waals surface area (Å²) in [6.45, 7) is 3.91. The van der Waals surface area contributed by atoms with Gasteiger partial charge in [-0.1, -0.05) is 6.92 Å². The summed E-state index contributed by atoms with van der Waals surface area (Å²) >= 11 is 0. The number of hydrogen-bond donors (Lipinski definition) is 0. The molecule has 0 atom stereocenters. The Hall–Kier alpha value is -1.58. The lowest BCUT2D eigenvalue weighted by atomic mass is 10.2. The fourth-order valence-electron chi connectivity index (χ4n) is 1.15. The molecule has 0 fully saturated rings. The van der Waals surface area contributed by atoms with Crippen LogP contribution in [-0.2, 0) is 4.74 Å². The highest BCUT2D eigenvalue weighted by atomic mass is 16.5. The highest BCUT2D eigenvalue weighted by molar-refractivity contribution is 5.95. The van der Waals surface area contributed by atoms with E-state index < -0.39 is 5.97 Å². The van der Waals surface area contributed by atoms with Gasteiger partial charge < -0.3 is 9.15 Å². The second kappa shape index (κ2) is 5.34. The second-order valence-corrected chi connectivity index (χ2v) is 3.06. The second-order valence-electron chi connectivity index (χ2n) is 3.06. The Bertz CT molecular complexity index is 319. The van der Waals surface area contributed by atoms with Crippen molar-refractivity contribution in [2.75, 3.05) is 6.61 Å². The molecule has 0 amide bonds. The standard InChI is InChI=1S/C11H14O4/c1-3-5-8(12)9-6-7-10(15-9)11(13)14-4-2/h6-7H,3-5H2,1-2H3. The van der Waals surface area contributed by atoms with E-state index in [1.807, 2.05) is 6.92 Å². The molecule has 4 nitrogen and oxygen atoms in total. The van der Waals surface area contributed by atoms with Gasteiger partial charge in [0.1, 0.15) is 0 Å². The van der Waals surface area contributed by atoms with Crippen molar-refractivity contribution in [2.45, 2.75) is 26.7 Å². The minimum Gasteiger partial charge on any atom is -0.460 e. The van der Waals surface area contributed by atoms with Gasteiger partial charge in [0.2, 0.25) is 5.76 Å². The van der Waals surface area contributed by atoms with Gasteiger partial charge in [-0.3, -0.25) is 4.79 Å². The van der Waals surface area contributed by atoms with Crippen LogP contribution in [0.5, 0.6) is 0 Å². The molecule has 0 spiro atoms. The lowest BCUT2D eigenvalue weighted by Crippen LogP contribution is -2.03. The summed E-state index contributed by atoms with van der Waals surface area (Å²) in [6.07, 6.45) is 1.18. The van der Waals surface area contributed by atoms with Gasteiger partial charge >= 0.3 is 5.97 Å². The highest BCUT2D eigenvalue weighted by Crippen LogP contribution is 2.12. The number of rotatable bonds is 5. The zero-order valence-electron chi connectivity index (χ0n) is 8.91. The molecule has 0 N–H and O–H groups in total. The van der Waals surface area contributed by atoms with Gasteiger partial charge in [-0.2, -0.15) is 0 Å². The van der Waals surface area contributed by atoms with E-state index in [9.17, 15) is 9.59 Å². The molecule has 0 bridgehead atoms. The molecule has 0 aromatic carbocycles. The van der Waals surface area contributed by atoms with Gasteiger partial charge in [0.15, 0.2) is 11.5 Å². The molecule has 0 aliphatic carbocycles. The number of carbonyl (C=O) groups is 2. The molecule has 0 saturated heterocycles. The number of ketones is 1. The van der Waals surface area contributed by atoms with Crippen molar-refractivity contribution in [3.8, 4) is 0 Å². The van der Waals surface area contributed by atoms with Crippen LogP contribution in [0.3, 0.4) is 0 Å². The SMILES string of the molecule is CCCC(=O)c1ccc(C(=O)OCC)o1.